The summed E-state index contributed by atoms with van der Waals surface area (Å²) in [6, 6.07) is 11.2. The average Bonchev–Trinajstić information content (AvgIpc) is 2.47. The smallest absolute Gasteiger partial charge is 0.285 e. The highest BCUT2D eigenvalue weighted by Crippen LogP contribution is 2.30. The second-order valence-electron chi connectivity index (χ2n) is 4.61. The van der Waals surface area contributed by atoms with Crippen molar-refractivity contribution in [3.05, 3.63) is 53.8 Å². The van der Waals surface area contributed by atoms with Gasteiger partial charge in [0.05, 0.1) is 17.9 Å². The van der Waals surface area contributed by atoms with Gasteiger partial charge in [-0.2, -0.15) is 8.42 Å². The molecule has 2 aromatic carbocycles. The lowest BCUT2D eigenvalue weighted by Crippen LogP contribution is -2.27. The molecule has 108 valence electrons. The minimum Gasteiger partial charge on any atom is -0.396 e. The van der Waals surface area contributed by atoms with Crippen LogP contribution < -0.4 is 10.6 Å². The van der Waals surface area contributed by atoms with Crippen molar-refractivity contribution in [1.82, 2.24) is 0 Å². The normalized spacial score (nSPS) is 15.8. The molecule has 2 aromatic rings. The lowest BCUT2D eigenvalue weighted by molar-refractivity contribution is 0.596. The van der Waals surface area contributed by atoms with Gasteiger partial charge in [0.25, 0.3) is 10.0 Å². The highest BCUT2D eigenvalue weighted by Gasteiger charge is 2.25. The first-order chi connectivity index (χ1) is 9.99. The molecule has 7 heteroatoms. The quantitative estimate of drug-likeness (QED) is 0.863. The van der Waals surface area contributed by atoms with Gasteiger partial charge in [0, 0.05) is 5.56 Å². The van der Waals surface area contributed by atoms with Gasteiger partial charge in [0.1, 0.15) is 11.2 Å². The Morgan fingerprint density at radius 1 is 1.14 bits per heavy atom. The summed E-state index contributed by atoms with van der Waals surface area (Å²) in [6.07, 6.45) is 1.19. The van der Waals surface area contributed by atoms with Gasteiger partial charge in [-0.25, -0.2) is 4.39 Å². The fourth-order valence-electron chi connectivity index (χ4n) is 2.18. The molecule has 1 heterocycles. The molecule has 0 amide bonds. The number of hydrogen-bond donors (Lipinski definition) is 1. The van der Waals surface area contributed by atoms with Crippen molar-refractivity contribution in [1.29, 1.82) is 0 Å². The molecule has 0 saturated carbocycles. The summed E-state index contributed by atoms with van der Waals surface area (Å²) < 4.78 is 41.3. The van der Waals surface area contributed by atoms with Gasteiger partial charge >= 0.3 is 0 Å². The molecule has 2 N–H and O–H groups in total. The number of rotatable bonds is 2. The first-order valence-electron chi connectivity index (χ1n) is 6.18. The van der Waals surface area contributed by atoms with Gasteiger partial charge in [0.2, 0.25) is 0 Å². The van der Waals surface area contributed by atoms with Crippen LogP contribution in [0.15, 0.2) is 51.8 Å². The summed E-state index contributed by atoms with van der Waals surface area (Å²) in [7, 11) is -3.68. The Morgan fingerprint density at radius 3 is 2.71 bits per heavy atom. The van der Waals surface area contributed by atoms with Crippen LogP contribution in [-0.2, 0) is 16.6 Å². The summed E-state index contributed by atoms with van der Waals surface area (Å²) in [5, 5.41) is 0. The molecule has 0 unspecified atom stereocenters. The molecule has 0 atom stereocenters. The Labute approximate surface area is 121 Å². The van der Waals surface area contributed by atoms with E-state index in [0.29, 0.717) is 11.3 Å². The van der Waals surface area contributed by atoms with E-state index in [1.165, 1.54) is 18.5 Å². The molecule has 0 radical (unpaired) electrons. The Hall–Kier alpha value is -2.41. The van der Waals surface area contributed by atoms with Crippen LogP contribution in [0.3, 0.4) is 0 Å². The van der Waals surface area contributed by atoms with Gasteiger partial charge < -0.3 is 10.6 Å². The van der Waals surface area contributed by atoms with Crippen LogP contribution in [0.5, 0.6) is 0 Å². The minimum atomic E-state index is -3.68. The number of sulfonamides is 1. The van der Waals surface area contributed by atoms with E-state index in [2.05, 4.69) is 4.40 Å². The van der Waals surface area contributed by atoms with Crippen LogP contribution >= 0.6 is 0 Å². The lowest BCUT2D eigenvalue weighted by Gasteiger charge is -2.25. The SMILES string of the molecule is Nc1cccc(CN2C=NS(=O)(=O)c3ccccc32)c1F. The Balaban J connectivity index is 2.03. The number of nitrogen functional groups attached to an aromatic ring is 1. The number of nitrogens with two attached hydrogens (primary N) is 1. The van der Waals surface area contributed by atoms with E-state index in [4.69, 9.17) is 5.73 Å². The van der Waals surface area contributed by atoms with Crippen molar-refractivity contribution in [2.45, 2.75) is 11.4 Å². The predicted octanol–water partition coefficient (Wildman–Crippen LogP) is 2.15. The number of para-hydroxylation sites is 1. The zero-order valence-electron chi connectivity index (χ0n) is 10.9. The van der Waals surface area contributed by atoms with Gasteiger partial charge in [-0.3, -0.25) is 0 Å². The van der Waals surface area contributed by atoms with E-state index in [-0.39, 0.29) is 17.1 Å². The third-order valence-corrected chi connectivity index (χ3v) is 4.50. The largest absolute Gasteiger partial charge is 0.396 e. The summed E-state index contributed by atoms with van der Waals surface area (Å²) in [4.78, 5) is 1.69. The topological polar surface area (TPSA) is 75.8 Å². The minimum absolute atomic E-state index is 0.0577. The number of anilines is 2. The van der Waals surface area contributed by atoms with E-state index < -0.39 is 15.8 Å². The Morgan fingerprint density at radius 2 is 1.90 bits per heavy atom. The maximum absolute atomic E-state index is 14.0. The zero-order chi connectivity index (χ0) is 15.0. The van der Waals surface area contributed by atoms with Crippen LogP contribution in [0, 0.1) is 5.82 Å². The molecule has 0 aromatic heterocycles. The van der Waals surface area contributed by atoms with Crippen molar-refractivity contribution < 1.29 is 12.8 Å². The molecular formula is C14H12FN3O2S. The maximum atomic E-state index is 14.0. The third-order valence-electron chi connectivity index (χ3n) is 3.23. The molecule has 1 aliphatic heterocycles. The van der Waals surface area contributed by atoms with Crippen molar-refractivity contribution in [2.24, 2.45) is 4.40 Å². The summed E-state index contributed by atoms with van der Waals surface area (Å²) in [6.45, 7) is 0.146. The van der Waals surface area contributed by atoms with Gasteiger partial charge in [-0.1, -0.05) is 24.3 Å². The maximum Gasteiger partial charge on any atom is 0.285 e. The van der Waals surface area contributed by atoms with Crippen molar-refractivity contribution in [3.63, 3.8) is 0 Å². The first-order valence-corrected chi connectivity index (χ1v) is 7.62. The van der Waals surface area contributed by atoms with E-state index in [9.17, 15) is 12.8 Å². The Bertz CT molecular complexity index is 834. The van der Waals surface area contributed by atoms with Crippen molar-refractivity contribution in [2.75, 3.05) is 10.6 Å². The molecule has 0 bridgehead atoms. The van der Waals surface area contributed by atoms with E-state index in [0.717, 1.165) is 0 Å². The van der Waals surface area contributed by atoms with Crippen molar-refractivity contribution in [3.8, 4) is 0 Å². The summed E-state index contributed by atoms with van der Waals surface area (Å²) >= 11 is 0. The van der Waals surface area contributed by atoms with Crippen molar-refractivity contribution >= 4 is 27.7 Å². The zero-order valence-corrected chi connectivity index (χ0v) is 11.7. The number of nitrogens with zero attached hydrogens (tertiary/aromatic N) is 2. The van der Waals surface area contributed by atoms with Crippen LogP contribution in [0.4, 0.5) is 15.8 Å². The number of halogens is 1. The van der Waals surface area contributed by atoms with E-state index in [1.807, 2.05) is 0 Å². The van der Waals surface area contributed by atoms with Crippen LogP contribution in [0.2, 0.25) is 0 Å². The monoisotopic (exact) mass is 305 g/mol. The standard InChI is InChI=1S/C14H12FN3O2S/c15-14-10(4-3-5-11(14)16)8-18-9-17-21(19,20)13-7-2-1-6-12(13)18/h1-7,9H,8,16H2. The Kier molecular flexibility index (Phi) is 3.13. The number of fused-ring (bicyclic) bond motifs is 1. The molecular weight excluding hydrogens is 293 g/mol. The molecule has 21 heavy (non-hydrogen) atoms. The number of benzene rings is 2. The first kappa shape index (κ1) is 13.6. The molecule has 1 aliphatic rings. The fraction of sp³-hybridized carbons (Fsp3) is 0.0714. The van der Waals surface area contributed by atoms with Gasteiger partial charge in [-0.15, -0.1) is 4.40 Å². The third kappa shape index (κ3) is 2.36. The molecule has 0 aliphatic carbocycles. The molecule has 0 spiro atoms. The number of hydrogen-bond acceptors (Lipinski definition) is 4. The fourth-order valence-corrected chi connectivity index (χ4v) is 3.23. The van der Waals surface area contributed by atoms with Crippen LogP contribution in [0.25, 0.3) is 0 Å². The van der Waals surface area contributed by atoms with Gasteiger partial charge in [0.15, 0.2) is 5.82 Å². The predicted molar refractivity (Wildman–Crippen MR) is 79.1 cm³/mol. The molecule has 0 fully saturated rings. The average molecular weight is 305 g/mol. The summed E-state index contributed by atoms with van der Waals surface area (Å²) in [5.74, 6) is -0.503. The molecule has 0 saturated heterocycles. The molecule has 3 rings (SSSR count). The highest BCUT2D eigenvalue weighted by atomic mass is 32.2. The van der Waals surface area contributed by atoms with E-state index >= 15 is 0 Å². The lowest BCUT2D eigenvalue weighted by atomic mass is 10.1. The summed E-state index contributed by atoms with van der Waals surface area (Å²) in [5.41, 5.74) is 6.44. The second kappa shape index (κ2) is 4.85. The van der Waals surface area contributed by atoms with E-state index in [1.54, 1.807) is 35.2 Å². The second-order valence-corrected chi connectivity index (χ2v) is 6.21. The molecule has 5 nitrogen and oxygen atoms in total. The highest BCUT2D eigenvalue weighted by molar-refractivity contribution is 7.90. The van der Waals surface area contributed by atoms with Crippen LogP contribution in [-0.4, -0.2) is 14.8 Å². The van der Waals surface area contributed by atoms with Gasteiger partial charge in [-0.05, 0) is 18.2 Å². The van der Waals surface area contributed by atoms with Crippen LogP contribution in [0.1, 0.15) is 5.56 Å².